The minimum absolute atomic E-state index is 0.0334. The summed E-state index contributed by atoms with van der Waals surface area (Å²) in [7, 11) is 0. The fraction of sp³-hybridized carbons (Fsp3) is 0.0976. The van der Waals surface area contributed by atoms with Crippen molar-refractivity contribution in [3.05, 3.63) is 140 Å². The molecule has 0 spiro atoms. The first-order chi connectivity index (χ1) is 22.8. The highest BCUT2D eigenvalue weighted by Crippen LogP contribution is 2.49. The summed E-state index contributed by atoms with van der Waals surface area (Å²) in [6.45, 7) is 0. The topological polar surface area (TPSA) is 41.9 Å². The molecule has 3 atom stereocenters. The number of rotatable bonds is 3. The van der Waals surface area contributed by atoms with Crippen molar-refractivity contribution in [1.29, 1.82) is 0 Å². The number of nitrogens with zero attached hydrogens (tertiary/aromatic N) is 2. The first-order valence-electron chi connectivity index (χ1n) is 16.0. The van der Waals surface area contributed by atoms with E-state index in [1.165, 1.54) is 64.1 Å². The smallest absolute Gasteiger partial charge is 0.125 e. The summed E-state index contributed by atoms with van der Waals surface area (Å²) >= 11 is 1.83. The largest absolute Gasteiger partial charge is 0.368 e. The van der Waals surface area contributed by atoms with Crippen LogP contribution in [-0.2, 0) is 0 Å². The number of hydrogen-bond donors (Lipinski definition) is 2. The normalized spacial score (nSPS) is 19.2. The van der Waals surface area contributed by atoms with Crippen molar-refractivity contribution in [3.63, 3.8) is 0 Å². The second kappa shape index (κ2) is 10.1. The van der Waals surface area contributed by atoms with Gasteiger partial charge in [-0.2, -0.15) is 0 Å². The highest BCUT2D eigenvalue weighted by molar-refractivity contribution is 7.23. The molecule has 4 nitrogen and oxygen atoms in total. The van der Waals surface area contributed by atoms with E-state index in [0.717, 1.165) is 17.7 Å². The van der Waals surface area contributed by atoms with Crippen LogP contribution in [0.2, 0.25) is 0 Å². The highest BCUT2D eigenvalue weighted by Gasteiger charge is 2.37. The third-order valence-corrected chi connectivity index (χ3v) is 11.0. The predicted molar refractivity (Wildman–Crippen MR) is 196 cm³/mol. The molecule has 3 aromatic heterocycles. The molecular formula is C41H30N4S. The Morgan fingerprint density at radius 3 is 2.37 bits per heavy atom. The van der Waals surface area contributed by atoms with Crippen LogP contribution in [0.4, 0.5) is 10.7 Å². The Balaban J connectivity index is 1.24. The maximum Gasteiger partial charge on any atom is 0.125 e. The molecule has 10 rings (SSSR count). The highest BCUT2D eigenvalue weighted by atomic mass is 32.1. The van der Waals surface area contributed by atoms with Crippen molar-refractivity contribution in [2.24, 2.45) is 5.92 Å². The minimum Gasteiger partial charge on any atom is -0.368 e. The minimum atomic E-state index is -0.0334. The van der Waals surface area contributed by atoms with Crippen molar-refractivity contribution in [2.75, 3.05) is 10.6 Å². The molecule has 8 aromatic rings. The summed E-state index contributed by atoms with van der Waals surface area (Å²) in [6, 6.07) is 39.9. The first kappa shape index (κ1) is 25.9. The van der Waals surface area contributed by atoms with Gasteiger partial charge in [-0.15, -0.1) is 11.3 Å². The van der Waals surface area contributed by atoms with E-state index >= 15 is 0 Å². The Morgan fingerprint density at radius 1 is 0.696 bits per heavy atom. The van der Waals surface area contributed by atoms with Crippen LogP contribution in [0.5, 0.6) is 0 Å². The number of pyridine rings is 1. The number of allylic oxidation sites excluding steroid dienone is 3. The molecule has 46 heavy (non-hydrogen) atoms. The van der Waals surface area contributed by atoms with Crippen molar-refractivity contribution < 1.29 is 0 Å². The summed E-state index contributed by atoms with van der Waals surface area (Å²) < 4.78 is 3.86. The molecule has 0 radical (unpaired) electrons. The summed E-state index contributed by atoms with van der Waals surface area (Å²) in [4.78, 5) is 4.62. The lowest BCUT2D eigenvalue weighted by Gasteiger charge is -2.40. The fourth-order valence-corrected chi connectivity index (χ4v) is 8.87. The monoisotopic (exact) mass is 610 g/mol. The Kier molecular flexibility index (Phi) is 5.66. The molecule has 2 aliphatic rings. The molecule has 0 fully saturated rings. The van der Waals surface area contributed by atoms with Crippen molar-refractivity contribution >= 4 is 75.5 Å². The molecule has 220 valence electrons. The molecule has 0 saturated carbocycles. The molecule has 4 heterocycles. The average molecular weight is 611 g/mol. The predicted octanol–water partition coefficient (Wildman–Crippen LogP) is 10.9. The van der Waals surface area contributed by atoms with E-state index in [-0.39, 0.29) is 12.2 Å². The SMILES string of the molecule is C1=CCC(C2Nc3sc4cc(-c5ccccn5)ccc4c3NC2n2c3cc4ccccc4cc3c3ccc4ccccc4c32)C=C1. The summed E-state index contributed by atoms with van der Waals surface area (Å²) in [6.07, 6.45) is 11.9. The van der Waals surface area contributed by atoms with Crippen LogP contribution in [0.3, 0.4) is 0 Å². The molecule has 1 aliphatic heterocycles. The third-order valence-electron chi connectivity index (χ3n) is 9.89. The van der Waals surface area contributed by atoms with Crippen molar-refractivity contribution in [1.82, 2.24) is 9.55 Å². The second-order valence-electron chi connectivity index (χ2n) is 12.5. The third kappa shape index (κ3) is 3.88. The molecular weight excluding hydrogens is 581 g/mol. The van der Waals surface area contributed by atoms with Gasteiger partial charge in [0.25, 0.3) is 0 Å². The summed E-state index contributed by atoms with van der Waals surface area (Å²) in [5, 5.41) is 18.4. The van der Waals surface area contributed by atoms with E-state index in [4.69, 9.17) is 0 Å². The van der Waals surface area contributed by atoms with Crippen molar-refractivity contribution in [2.45, 2.75) is 18.6 Å². The molecule has 0 saturated heterocycles. The average Bonchev–Trinajstić information content (AvgIpc) is 3.65. The van der Waals surface area contributed by atoms with Crippen molar-refractivity contribution in [3.8, 4) is 11.3 Å². The lowest BCUT2D eigenvalue weighted by Crippen LogP contribution is -2.44. The lowest BCUT2D eigenvalue weighted by atomic mass is 9.89. The number of thiophene rings is 1. The molecule has 1 aliphatic carbocycles. The second-order valence-corrected chi connectivity index (χ2v) is 13.5. The quantitative estimate of drug-likeness (QED) is 0.209. The number of aromatic nitrogens is 2. The number of fused-ring (bicyclic) bond motifs is 9. The Bertz CT molecular complexity index is 2540. The molecule has 0 amide bonds. The van der Waals surface area contributed by atoms with Crippen LogP contribution < -0.4 is 10.6 Å². The maximum absolute atomic E-state index is 4.62. The van der Waals surface area contributed by atoms with E-state index in [2.05, 4.69) is 148 Å². The van der Waals surface area contributed by atoms with Gasteiger partial charge in [-0.05, 0) is 52.9 Å². The lowest BCUT2D eigenvalue weighted by molar-refractivity contribution is 0.406. The van der Waals surface area contributed by atoms with Gasteiger partial charge in [0.1, 0.15) is 11.2 Å². The number of anilines is 2. The zero-order valence-corrected chi connectivity index (χ0v) is 25.8. The first-order valence-corrected chi connectivity index (χ1v) is 16.8. The Morgan fingerprint density at radius 2 is 1.52 bits per heavy atom. The van der Waals surface area contributed by atoms with Gasteiger partial charge in [0.2, 0.25) is 0 Å². The molecule has 5 aromatic carbocycles. The van der Waals surface area contributed by atoms with Gasteiger partial charge >= 0.3 is 0 Å². The Labute approximate surface area is 270 Å². The van der Waals surface area contributed by atoms with Crippen LogP contribution in [0.1, 0.15) is 12.6 Å². The fourth-order valence-electron chi connectivity index (χ4n) is 7.72. The van der Waals surface area contributed by atoms with Gasteiger partial charge in [0.05, 0.1) is 28.5 Å². The van der Waals surface area contributed by atoms with Gasteiger partial charge in [0.15, 0.2) is 0 Å². The van der Waals surface area contributed by atoms with Crippen LogP contribution >= 0.6 is 11.3 Å². The summed E-state index contributed by atoms with van der Waals surface area (Å²) in [5.74, 6) is 0.327. The van der Waals surface area contributed by atoms with Gasteiger partial charge in [-0.3, -0.25) is 4.98 Å². The van der Waals surface area contributed by atoms with E-state index in [0.29, 0.717) is 5.92 Å². The summed E-state index contributed by atoms with van der Waals surface area (Å²) in [5.41, 5.74) is 5.85. The standard InChI is InChI=1S/C41H30N4S/c1-2-11-26(12-3-1)37-40(43-38-32-20-18-29(34-16-8-9-21-42-34)24-36(32)46-41(38)44-37)45-35-23-28-14-5-4-13-27(28)22-33(35)31-19-17-25-10-6-7-15-30(25)39(31)45/h1-11,13-24,26,37,40,43-44H,12H2. The van der Waals surface area contributed by atoms with Gasteiger partial charge in [-0.1, -0.05) is 103 Å². The molecule has 2 N–H and O–H groups in total. The maximum atomic E-state index is 4.62. The number of benzene rings is 5. The van der Waals surface area contributed by atoms with E-state index in [9.17, 15) is 0 Å². The van der Waals surface area contributed by atoms with Gasteiger partial charge < -0.3 is 15.2 Å². The van der Waals surface area contributed by atoms with Crippen LogP contribution in [-0.4, -0.2) is 15.6 Å². The van der Waals surface area contributed by atoms with Gasteiger partial charge in [-0.25, -0.2) is 0 Å². The van der Waals surface area contributed by atoms with Gasteiger partial charge in [0, 0.05) is 43.9 Å². The van der Waals surface area contributed by atoms with Crippen LogP contribution in [0.15, 0.2) is 140 Å². The zero-order valence-electron chi connectivity index (χ0n) is 25.0. The molecule has 0 bridgehead atoms. The number of hydrogen-bond acceptors (Lipinski definition) is 4. The van der Waals surface area contributed by atoms with E-state index in [1.807, 2.05) is 23.6 Å². The van der Waals surface area contributed by atoms with E-state index < -0.39 is 0 Å². The van der Waals surface area contributed by atoms with Crippen LogP contribution in [0.25, 0.3) is 64.7 Å². The zero-order chi connectivity index (χ0) is 30.2. The Hall–Kier alpha value is -5.39. The number of nitrogens with one attached hydrogen (secondary N) is 2. The molecule has 5 heteroatoms. The van der Waals surface area contributed by atoms with Crippen LogP contribution in [0, 0.1) is 5.92 Å². The van der Waals surface area contributed by atoms with E-state index in [1.54, 1.807) is 0 Å². The molecule has 3 unspecified atom stereocenters.